The van der Waals surface area contributed by atoms with Gasteiger partial charge in [0.15, 0.2) is 0 Å². The lowest BCUT2D eigenvalue weighted by molar-refractivity contribution is -0.141. The fourth-order valence-electron chi connectivity index (χ4n) is 2.11. The molecule has 1 heterocycles. The van der Waals surface area contributed by atoms with Crippen LogP contribution in [0.2, 0.25) is 5.02 Å². The number of carboxylic acids is 1. The monoisotopic (exact) mass is 364 g/mol. The van der Waals surface area contributed by atoms with Gasteiger partial charge in [0.1, 0.15) is 11.9 Å². The van der Waals surface area contributed by atoms with Crippen molar-refractivity contribution in [2.24, 2.45) is 0 Å². The first-order chi connectivity index (χ1) is 9.40. The molecule has 1 aromatic rings. The van der Waals surface area contributed by atoms with Crippen LogP contribution in [-0.4, -0.2) is 34.6 Å². The number of hydrogen-bond donors (Lipinski definition) is 2. The Kier molecular flexibility index (Phi) is 4.49. The van der Waals surface area contributed by atoms with E-state index in [9.17, 15) is 14.0 Å². The number of urea groups is 1. The Balaban J connectivity index is 2.18. The van der Waals surface area contributed by atoms with Crippen LogP contribution in [0.15, 0.2) is 16.6 Å². The second-order valence-electron chi connectivity index (χ2n) is 4.36. The number of likely N-dealkylation sites (tertiary alicyclic amines) is 1. The third-order valence-electron chi connectivity index (χ3n) is 3.04. The number of halogens is 3. The molecule has 1 saturated heterocycles. The number of anilines is 1. The van der Waals surface area contributed by atoms with Crippen LogP contribution in [-0.2, 0) is 4.79 Å². The normalized spacial score (nSPS) is 18.1. The van der Waals surface area contributed by atoms with E-state index in [2.05, 4.69) is 21.2 Å². The summed E-state index contributed by atoms with van der Waals surface area (Å²) in [6, 6.07) is 0.831. The van der Waals surface area contributed by atoms with E-state index in [0.717, 1.165) is 6.07 Å². The van der Waals surface area contributed by atoms with Crippen molar-refractivity contribution in [3.8, 4) is 0 Å². The van der Waals surface area contributed by atoms with Gasteiger partial charge in [-0.1, -0.05) is 11.6 Å². The Bertz CT molecular complexity index is 547. The van der Waals surface area contributed by atoms with Crippen LogP contribution >= 0.6 is 27.5 Å². The summed E-state index contributed by atoms with van der Waals surface area (Å²) in [5.41, 5.74) is 0.217. The summed E-state index contributed by atoms with van der Waals surface area (Å²) in [7, 11) is 0. The fourth-order valence-corrected chi connectivity index (χ4v) is 3.01. The fraction of sp³-hybridized carbons (Fsp3) is 0.333. The number of carbonyl (C=O) groups excluding carboxylic acids is 1. The Morgan fingerprint density at radius 3 is 2.80 bits per heavy atom. The number of carboxylic acid groups (broad SMARTS) is 1. The highest BCUT2D eigenvalue weighted by Gasteiger charge is 2.34. The standard InChI is InChI=1S/C12H11BrClFN2O3/c13-7-4-6(15)5-8(14)10(7)16-12(20)17-3-1-2-9(17)11(18)19/h4-5,9H,1-3H2,(H,16,20)(H,18,19)/t9-/m1/s1. The first-order valence-corrected chi connectivity index (χ1v) is 7.02. The summed E-state index contributed by atoms with van der Waals surface area (Å²) < 4.78 is 13.4. The van der Waals surface area contributed by atoms with E-state index in [0.29, 0.717) is 23.9 Å². The molecule has 5 nitrogen and oxygen atoms in total. The average molecular weight is 366 g/mol. The van der Waals surface area contributed by atoms with Gasteiger partial charge in [-0.05, 0) is 40.9 Å². The number of aliphatic carboxylic acids is 1. The molecule has 1 aromatic carbocycles. The Hall–Kier alpha value is -1.34. The molecule has 2 amide bonds. The predicted octanol–water partition coefficient (Wildman–Crippen LogP) is 3.32. The van der Waals surface area contributed by atoms with Gasteiger partial charge >= 0.3 is 12.0 Å². The zero-order valence-corrected chi connectivity index (χ0v) is 12.5. The summed E-state index contributed by atoms with van der Waals surface area (Å²) in [5, 5.41) is 11.6. The molecule has 108 valence electrons. The molecule has 2 N–H and O–H groups in total. The van der Waals surface area contributed by atoms with Crippen LogP contribution in [0.25, 0.3) is 0 Å². The first kappa shape index (κ1) is 15.1. The summed E-state index contributed by atoms with van der Waals surface area (Å²) in [6.45, 7) is 0.360. The average Bonchev–Trinajstić information content (AvgIpc) is 2.82. The first-order valence-electron chi connectivity index (χ1n) is 5.85. The van der Waals surface area contributed by atoms with Crippen molar-refractivity contribution in [2.45, 2.75) is 18.9 Å². The molecular weight excluding hydrogens is 354 g/mol. The van der Waals surface area contributed by atoms with Gasteiger partial charge in [0.25, 0.3) is 0 Å². The number of nitrogens with one attached hydrogen (secondary N) is 1. The molecule has 1 atom stereocenters. The molecule has 1 aliphatic heterocycles. The maximum atomic E-state index is 13.1. The van der Waals surface area contributed by atoms with Gasteiger partial charge in [0.2, 0.25) is 0 Å². The van der Waals surface area contributed by atoms with Crippen molar-refractivity contribution < 1.29 is 19.1 Å². The van der Waals surface area contributed by atoms with E-state index in [4.69, 9.17) is 16.7 Å². The van der Waals surface area contributed by atoms with E-state index in [1.54, 1.807) is 0 Å². The van der Waals surface area contributed by atoms with Crippen LogP contribution in [0.5, 0.6) is 0 Å². The molecule has 1 fully saturated rings. The highest BCUT2D eigenvalue weighted by Crippen LogP contribution is 2.32. The van der Waals surface area contributed by atoms with Crippen LogP contribution in [0.1, 0.15) is 12.8 Å². The largest absolute Gasteiger partial charge is 0.480 e. The highest BCUT2D eigenvalue weighted by molar-refractivity contribution is 9.10. The minimum Gasteiger partial charge on any atom is -0.480 e. The summed E-state index contributed by atoms with van der Waals surface area (Å²) in [6.07, 6.45) is 1.05. The second-order valence-corrected chi connectivity index (χ2v) is 5.63. The molecule has 1 aliphatic rings. The van der Waals surface area contributed by atoms with E-state index in [1.807, 2.05) is 0 Å². The lowest BCUT2D eigenvalue weighted by atomic mass is 10.2. The minimum atomic E-state index is -1.04. The molecule has 0 radical (unpaired) electrons. The summed E-state index contributed by atoms with van der Waals surface area (Å²) >= 11 is 8.97. The quantitative estimate of drug-likeness (QED) is 0.844. The van der Waals surface area contributed by atoms with Crippen LogP contribution in [0, 0.1) is 5.82 Å². The molecule has 0 aromatic heterocycles. The topological polar surface area (TPSA) is 69.6 Å². The Labute approximate surface area is 127 Å². The molecule has 0 saturated carbocycles. The molecule has 0 bridgehead atoms. The van der Waals surface area contributed by atoms with Gasteiger partial charge < -0.3 is 15.3 Å². The number of carbonyl (C=O) groups is 2. The SMILES string of the molecule is O=C(O)[C@H]1CCCN1C(=O)Nc1c(Cl)cc(F)cc1Br. The van der Waals surface area contributed by atoms with E-state index in [-0.39, 0.29) is 10.7 Å². The number of rotatable bonds is 2. The molecule has 2 rings (SSSR count). The lowest BCUT2D eigenvalue weighted by Crippen LogP contribution is -2.42. The summed E-state index contributed by atoms with van der Waals surface area (Å²) in [4.78, 5) is 24.4. The van der Waals surface area contributed by atoms with Gasteiger partial charge in [0, 0.05) is 11.0 Å². The minimum absolute atomic E-state index is 0.0382. The van der Waals surface area contributed by atoms with Crippen molar-refractivity contribution in [1.29, 1.82) is 0 Å². The molecule has 20 heavy (non-hydrogen) atoms. The molecular formula is C12H11BrClFN2O3. The van der Waals surface area contributed by atoms with Crippen molar-refractivity contribution in [3.63, 3.8) is 0 Å². The predicted molar refractivity (Wildman–Crippen MR) is 75.5 cm³/mol. The third-order valence-corrected chi connectivity index (χ3v) is 3.96. The number of nitrogens with zero attached hydrogens (tertiary/aromatic N) is 1. The van der Waals surface area contributed by atoms with Gasteiger partial charge in [-0.25, -0.2) is 14.0 Å². The van der Waals surface area contributed by atoms with Crippen LogP contribution in [0.3, 0.4) is 0 Å². The Morgan fingerprint density at radius 2 is 2.20 bits per heavy atom. The van der Waals surface area contributed by atoms with Gasteiger partial charge in [-0.2, -0.15) is 0 Å². The maximum Gasteiger partial charge on any atom is 0.326 e. The van der Waals surface area contributed by atoms with Crippen molar-refractivity contribution in [3.05, 3.63) is 27.4 Å². The zero-order chi connectivity index (χ0) is 14.9. The van der Waals surface area contributed by atoms with Gasteiger partial charge in [-0.3, -0.25) is 0 Å². The van der Waals surface area contributed by atoms with Gasteiger partial charge in [0.05, 0.1) is 10.7 Å². The molecule has 0 unspecified atom stereocenters. The number of benzene rings is 1. The molecule has 0 aliphatic carbocycles. The third kappa shape index (κ3) is 3.04. The smallest absolute Gasteiger partial charge is 0.326 e. The van der Waals surface area contributed by atoms with Crippen LogP contribution in [0.4, 0.5) is 14.9 Å². The zero-order valence-electron chi connectivity index (χ0n) is 10.2. The lowest BCUT2D eigenvalue weighted by Gasteiger charge is -2.22. The second kappa shape index (κ2) is 5.97. The summed E-state index contributed by atoms with van der Waals surface area (Å²) in [5.74, 6) is -1.58. The number of hydrogen-bond acceptors (Lipinski definition) is 2. The van der Waals surface area contributed by atoms with E-state index < -0.39 is 23.9 Å². The van der Waals surface area contributed by atoms with Gasteiger partial charge in [-0.15, -0.1) is 0 Å². The maximum absolute atomic E-state index is 13.1. The molecule has 8 heteroatoms. The van der Waals surface area contributed by atoms with Crippen molar-refractivity contribution in [2.75, 3.05) is 11.9 Å². The highest BCUT2D eigenvalue weighted by atomic mass is 79.9. The molecule has 0 spiro atoms. The van der Waals surface area contributed by atoms with E-state index in [1.165, 1.54) is 11.0 Å². The number of amides is 2. The van der Waals surface area contributed by atoms with Crippen LogP contribution < -0.4 is 5.32 Å². The van der Waals surface area contributed by atoms with Crippen molar-refractivity contribution in [1.82, 2.24) is 4.90 Å². The Morgan fingerprint density at radius 1 is 1.50 bits per heavy atom. The van der Waals surface area contributed by atoms with E-state index >= 15 is 0 Å². The van der Waals surface area contributed by atoms with Crippen molar-refractivity contribution >= 4 is 45.2 Å².